The van der Waals surface area contributed by atoms with E-state index in [0.29, 0.717) is 23.1 Å². The molecule has 0 saturated carbocycles. The summed E-state index contributed by atoms with van der Waals surface area (Å²) >= 11 is 6.56. The number of nitrogens with zero attached hydrogens (tertiary/aromatic N) is 1. The second kappa shape index (κ2) is 5.40. The van der Waals surface area contributed by atoms with Crippen LogP contribution in [0.1, 0.15) is 16.8 Å². The highest BCUT2D eigenvalue weighted by atomic mass is 79.9. The molecule has 1 aromatic rings. The van der Waals surface area contributed by atoms with Crippen LogP contribution in [0.15, 0.2) is 22.7 Å². The van der Waals surface area contributed by atoms with Crippen molar-refractivity contribution in [1.29, 1.82) is 0 Å². The van der Waals surface area contributed by atoms with E-state index >= 15 is 0 Å². The number of benzene rings is 1. The molecule has 4 nitrogen and oxygen atoms in total. The molecule has 1 saturated heterocycles. The van der Waals surface area contributed by atoms with E-state index in [-0.39, 0.29) is 17.4 Å². The van der Waals surface area contributed by atoms with Crippen molar-refractivity contribution in [2.24, 2.45) is 5.92 Å². The van der Waals surface area contributed by atoms with E-state index in [0.717, 1.165) is 5.33 Å². The molecule has 18 heavy (non-hydrogen) atoms. The Bertz CT molecular complexity index is 504. The van der Waals surface area contributed by atoms with Gasteiger partial charge in [0.2, 0.25) is 5.91 Å². The smallest absolute Gasteiger partial charge is 0.336 e. The highest BCUT2D eigenvalue weighted by Gasteiger charge is 2.30. The van der Waals surface area contributed by atoms with Gasteiger partial charge in [-0.05, 0) is 40.0 Å². The van der Waals surface area contributed by atoms with Crippen molar-refractivity contribution in [3.63, 3.8) is 0 Å². The Kier molecular flexibility index (Phi) is 4.07. The molecule has 96 valence electrons. The number of amides is 1. The molecule has 6 heteroatoms. The summed E-state index contributed by atoms with van der Waals surface area (Å²) in [7, 11) is 0. The summed E-state index contributed by atoms with van der Waals surface area (Å²) in [5.41, 5.74) is 0.812. The maximum Gasteiger partial charge on any atom is 0.336 e. The standard InChI is InChI=1S/C12H11Br2NO3/c13-5-7-3-11(16)15(6-7)8-1-2-10(14)9(4-8)12(17)18/h1-2,4,7H,3,5-6H2,(H,17,18). The minimum atomic E-state index is -1.01. The molecule has 1 unspecified atom stereocenters. The predicted molar refractivity (Wildman–Crippen MR) is 75.4 cm³/mol. The van der Waals surface area contributed by atoms with E-state index < -0.39 is 5.97 Å². The van der Waals surface area contributed by atoms with E-state index in [1.54, 1.807) is 17.0 Å². The normalized spacial score (nSPS) is 19.3. The van der Waals surface area contributed by atoms with Gasteiger partial charge in [-0.2, -0.15) is 0 Å². The van der Waals surface area contributed by atoms with Gasteiger partial charge in [0.1, 0.15) is 0 Å². The minimum Gasteiger partial charge on any atom is -0.478 e. The quantitative estimate of drug-likeness (QED) is 0.825. The van der Waals surface area contributed by atoms with Crippen LogP contribution >= 0.6 is 31.9 Å². The average Bonchev–Trinajstić information content (AvgIpc) is 2.71. The van der Waals surface area contributed by atoms with Gasteiger partial charge in [-0.1, -0.05) is 15.9 Å². The SMILES string of the molecule is O=C(O)c1cc(N2CC(CBr)CC2=O)ccc1Br. The van der Waals surface area contributed by atoms with Crippen LogP contribution in [0.2, 0.25) is 0 Å². The fraction of sp³-hybridized carbons (Fsp3) is 0.333. The number of carbonyl (C=O) groups excluding carboxylic acids is 1. The molecule has 1 aliphatic rings. The summed E-state index contributed by atoms with van der Waals surface area (Å²) in [6.07, 6.45) is 0.504. The first-order valence-corrected chi connectivity index (χ1v) is 7.33. The second-order valence-electron chi connectivity index (χ2n) is 4.20. The Morgan fingerprint density at radius 3 is 2.78 bits per heavy atom. The van der Waals surface area contributed by atoms with Gasteiger partial charge in [-0.25, -0.2) is 4.79 Å². The molecule has 2 rings (SSSR count). The Morgan fingerprint density at radius 2 is 2.22 bits per heavy atom. The van der Waals surface area contributed by atoms with Crippen molar-refractivity contribution in [2.45, 2.75) is 6.42 Å². The monoisotopic (exact) mass is 375 g/mol. The van der Waals surface area contributed by atoms with Gasteiger partial charge >= 0.3 is 5.97 Å². The number of carbonyl (C=O) groups is 2. The molecular formula is C12H11Br2NO3. The minimum absolute atomic E-state index is 0.0399. The molecule has 0 bridgehead atoms. The molecular weight excluding hydrogens is 366 g/mol. The number of anilines is 1. The van der Waals surface area contributed by atoms with Crippen molar-refractivity contribution in [2.75, 3.05) is 16.8 Å². The van der Waals surface area contributed by atoms with Crippen LogP contribution in [0.5, 0.6) is 0 Å². The van der Waals surface area contributed by atoms with Gasteiger partial charge in [0, 0.05) is 28.5 Å². The number of carboxylic acid groups (broad SMARTS) is 1. The van der Waals surface area contributed by atoms with Crippen molar-refractivity contribution in [3.05, 3.63) is 28.2 Å². The van der Waals surface area contributed by atoms with Crippen molar-refractivity contribution in [3.8, 4) is 0 Å². The second-order valence-corrected chi connectivity index (χ2v) is 5.70. The van der Waals surface area contributed by atoms with Crippen molar-refractivity contribution >= 4 is 49.4 Å². The Labute approximate surface area is 121 Å². The maximum absolute atomic E-state index is 11.9. The molecule has 1 aliphatic heterocycles. The van der Waals surface area contributed by atoms with Gasteiger partial charge in [0.15, 0.2) is 0 Å². The van der Waals surface area contributed by atoms with E-state index in [4.69, 9.17) is 5.11 Å². The van der Waals surface area contributed by atoms with Crippen LogP contribution in [0.25, 0.3) is 0 Å². The van der Waals surface area contributed by atoms with E-state index in [1.807, 2.05) is 0 Å². The molecule has 0 aromatic heterocycles. The first-order chi connectivity index (χ1) is 8.52. The molecule has 1 heterocycles. The first kappa shape index (κ1) is 13.5. The topological polar surface area (TPSA) is 57.6 Å². The fourth-order valence-corrected chi connectivity index (χ4v) is 2.83. The lowest BCUT2D eigenvalue weighted by atomic mass is 10.1. The average molecular weight is 377 g/mol. The molecule has 1 atom stereocenters. The van der Waals surface area contributed by atoms with Crippen molar-refractivity contribution < 1.29 is 14.7 Å². The molecule has 1 aromatic carbocycles. The van der Waals surface area contributed by atoms with Crippen LogP contribution < -0.4 is 4.90 Å². The summed E-state index contributed by atoms with van der Waals surface area (Å²) in [4.78, 5) is 24.5. The number of hydrogen-bond donors (Lipinski definition) is 1. The number of hydrogen-bond acceptors (Lipinski definition) is 2. The van der Waals surface area contributed by atoms with Gasteiger partial charge in [0.25, 0.3) is 0 Å². The zero-order valence-corrected chi connectivity index (χ0v) is 12.6. The first-order valence-electron chi connectivity index (χ1n) is 5.42. The van der Waals surface area contributed by atoms with Gasteiger partial charge < -0.3 is 10.0 Å². The van der Waals surface area contributed by atoms with Gasteiger partial charge in [-0.3, -0.25) is 4.79 Å². The Morgan fingerprint density at radius 1 is 1.50 bits per heavy atom. The van der Waals surface area contributed by atoms with Crippen molar-refractivity contribution in [1.82, 2.24) is 0 Å². The Hall–Kier alpha value is -0.880. The Balaban J connectivity index is 2.32. The number of rotatable bonds is 3. The molecule has 1 N–H and O–H groups in total. The molecule has 0 radical (unpaired) electrons. The highest BCUT2D eigenvalue weighted by Crippen LogP contribution is 2.29. The number of aromatic carboxylic acids is 1. The fourth-order valence-electron chi connectivity index (χ4n) is 1.98. The molecule has 0 aliphatic carbocycles. The van der Waals surface area contributed by atoms with Gasteiger partial charge in [-0.15, -0.1) is 0 Å². The third-order valence-corrected chi connectivity index (χ3v) is 4.52. The maximum atomic E-state index is 11.9. The molecule has 1 amide bonds. The molecule has 0 spiro atoms. The third kappa shape index (κ3) is 2.59. The van der Waals surface area contributed by atoms with Crippen LogP contribution in [0.3, 0.4) is 0 Å². The van der Waals surface area contributed by atoms with Gasteiger partial charge in [0.05, 0.1) is 5.56 Å². The summed E-state index contributed by atoms with van der Waals surface area (Å²) in [6.45, 7) is 0.630. The summed E-state index contributed by atoms with van der Waals surface area (Å²) in [5, 5.41) is 9.83. The van der Waals surface area contributed by atoms with E-state index in [2.05, 4.69) is 31.9 Å². The lowest BCUT2D eigenvalue weighted by molar-refractivity contribution is -0.117. The zero-order valence-electron chi connectivity index (χ0n) is 9.40. The van der Waals surface area contributed by atoms with Crippen LogP contribution in [0.4, 0.5) is 5.69 Å². The lowest BCUT2D eigenvalue weighted by Gasteiger charge is -2.17. The lowest BCUT2D eigenvalue weighted by Crippen LogP contribution is -2.24. The largest absolute Gasteiger partial charge is 0.478 e. The summed E-state index contributed by atoms with van der Waals surface area (Å²) in [5.74, 6) is -0.681. The third-order valence-electron chi connectivity index (χ3n) is 2.92. The number of carboxylic acids is 1. The van der Waals surface area contributed by atoms with Crippen LogP contribution in [-0.4, -0.2) is 28.9 Å². The number of halogens is 2. The molecule has 1 fully saturated rings. The summed E-state index contributed by atoms with van der Waals surface area (Å²) in [6, 6.07) is 4.94. The predicted octanol–water partition coefficient (Wildman–Crippen LogP) is 2.90. The summed E-state index contributed by atoms with van der Waals surface area (Å²) < 4.78 is 0.516. The van der Waals surface area contributed by atoms with Crippen LogP contribution in [-0.2, 0) is 4.79 Å². The zero-order chi connectivity index (χ0) is 13.3. The number of alkyl halides is 1. The van der Waals surface area contributed by atoms with Crippen LogP contribution in [0, 0.1) is 5.92 Å². The highest BCUT2D eigenvalue weighted by molar-refractivity contribution is 9.10. The van der Waals surface area contributed by atoms with E-state index in [1.165, 1.54) is 6.07 Å². The van der Waals surface area contributed by atoms with E-state index in [9.17, 15) is 9.59 Å².